The molecule has 0 aliphatic heterocycles. The third-order valence-corrected chi connectivity index (χ3v) is 5.10. The highest BCUT2D eigenvalue weighted by Gasteiger charge is 2.27. The van der Waals surface area contributed by atoms with Gasteiger partial charge >= 0.3 is 0 Å². The molecule has 1 N–H and O–H groups in total. The van der Waals surface area contributed by atoms with Gasteiger partial charge in [-0.05, 0) is 30.3 Å². The van der Waals surface area contributed by atoms with Crippen molar-refractivity contribution in [3.05, 3.63) is 10.6 Å². The normalized spacial score (nSPS) is 24.2. The number of hydrogen-bond donors (Lipinski definition) is 1. The van der Waals surface area contributed by atoms with Crippen LogP contribution < -0.4 is 5.32 Å². The molecular formula is C12H18BrN3OS. The summed E-state index contributed by atoms with van der Waals surface area (Å²) in [5, 5.41) is 7.16. The maximum atomic E-state index is 12.2. The molecule has 1 fully saturated rings. The number of rotatable bonds is 3. The molecule has 1 heterocycles. The van der Waals surface area contributed by atoms with E-state index in [1.54, 1.807) is 0 Å². The number of carbonyl (C=O) groups excluding carboxylic acids is 1. The fraction of sp³-hybridized carbons (Fsp3) is 0.750. The largest absolute Gasteiger partial charge is 0.347 e. The van der Waals surface area contributed by atoms with Gasteiger partial charge in [0.25, 0.3) is 5.91 Å². The van der Waals surface area contributed by atoms with E-state index in [9.17, 15) is 4.79 Å². The molecule has 0 saturated heterocycles. The average Bonchev–Trinajstić information content (AvgIpc) is 2.81. The molecule has 0 bridgehead atoms. The summed E-state index contributed by atoms with van der Waals surface area (Å²) in [4.78, 5) is 13.3. The molecule has 1 amide bonds. The van der Waals surface area contributed by atoms with Gasteiger partial charge in [-0.1, -0.05) is 47.1 Å². The molecule has 18 heavy (non-hydrogen) atoms. The van der Waals surface area contributed by atoms with Crippen molar-refractivity contribution < 1.29 is 4.79 Å². The Morgan fingerprint density at radius 1 is 1.44 bits per heavy atom. The molecule has 4 nitrogen and oxygen atoms in total. The lowest BCUT2D eigenvalue weighted by Crippen LogP contribution is -2.42. The number of nitrogens with zero attached hydrogens (tertiary/aromatic N) is 2. The molecule has 100 valence electrons. The van der Waals surface area contributed by atoms with Crippen LogP contribution in [-0.2, 0) is 0 Å². The number of alkyl halides is 1. The van der Waals surface area contributed by atoms with Crippen molar-refractivity contribution in [1.29, 1.82) is 0 Å². The van der Waals surface area contributed by atoms with Gasteiger partial charge in [-0.3, -0.25) is 4.79 Å². The minimum absolute atomic E-state index is 0.0231. The van der Waals surface area contributed by atoms with Crippen LogP contribution in [0.2, 0.25) is 0 Å². The van der Waals surface area contributed by atoms with Crippen molar-refractivity contribution in [2.45, 2.75) is 56.3 Å². The van der Waals surface area contributed by atoms with Crippen molar-refractivity contribution in [1.82, 2.24) is 14.9 Å². The molecule has 0 spiro atoms. The first-order valence-electron chi connectivity index (χ1n) is 6.36. The van der Waals surface area contributed by atoms with E-state index in [1.165, 1.54) is 24.4 Å². The van der Waals surface area contributed by atoms with Gasteiger partial charge in [-0.15, -0.1) is 5.10 Å². The lowest BCUT2D eigenvalue weighted by molar-refractivity contribution is 0.0932. The van der Waals surface area contributed by atoms with Crippen molar-refractivity contribution >= 4 is 33.4 Å². The zero-order chi connectivity index (χ0) is 13.1. The van der Waals surface area contributed by atoms with Crippen LogP contribution in [0.1, 0.15) is 60.8 Å². The van der Waals surface area contributed by atoms with Gasteiger partial charge in [0.05, 0.1) is 5.69 Å². The first-order valence-corrected chi connectivity index (χ1v) is 8.05. The maximum Gasteiger partial charge on any atom is 0.265 e. The summed E-state index contributed by atoms with van der Waals surface area (Å²) < 4.78 is 3.90. The molecule has 2 atom stereocenters. The Balaban J connectivity index is 2.05. The summed E-state index contributed by atoms with van der Waals surface area (Å²) in [7, 11) is 0. The SMILES string of the molecule is CC(C)c1nnsc1C(=O)NC1CCCCC1Br. The van der Waals surface area contributed by atoms with Gasteiger partial charge in [0.1, 0.15) is 4.88 Å². The number of hydrogen-bond acceptors (Lipinski definition) is 4. The Kier molecular flexibility index (Phi) is 4.72. The van der Waals surface area contributed by atoms with E-state index in [2.05, 4.69) is 30.8 Å². The van der Waals surface area contributed by atoms with E-state index in [0.717, 1.165) is 18.5 Å². The molecule has 1 aromatic heterocycles. The Morgan fingerprint density at radius 2 is 2.17 bits per heavy atom. The molecular weight excluding hydrogens is 314 g/mol. The summed E-state index contributed by atoms with van der Waals surface area (Å²) in [5.74, 6) is 0.209. The van der Waals surface area contributed by atoms with E-state index in [0.29, 0.717) is 9.70 Å². The zero-order valence-electron chi connectivity index (χ0n) is 10.6. The Bertz CT molecular complexity index is 421. The topological polar surface area (TPSA) is 54.9 Å². The Hall–Kier alpha value is -0.490. The number of halogens is 1. The lowest BCUT2D eigenvalue weighted by atomic mass is 9.95. The van der Waals surface area contributed by atoms with Crippen LogP contribution in [-0.4, -0.2) is 26.4 Å². The van der Waals surface area contributed by atoms with Gasteiger partial charge in [-0.2, -0.15) is 0 Å². The van der Waals surface area contributed by atoms with E-state index in [1.807, 2.05) is 13.8 Å². The molecule has 1 saturated carbocycles. The second kappa shape index (κ2) is 6.10. The number of amides is 1. The third-order valence-electron chi connectivity index (χ3n) is 3.26. The van der Waals surface area contributed by atoms with Gasteiger partial charge in [-0.25, -0.2) is 0 Å². The van der Waals surface area contributed by atoms with E-state index < -0.39 is 0 Å². The van der Waals surface area contributed by atoms with Crippen molar-refractivity contribution in [2.24, 2.45) is 0 Å². The molecule has 0 aromatic carbocycles. The lowest BCUT2D eigenvalue weighted by Gasteiger charge is -2.28. The molecule has 6 heteroatoms. The quantitative estimate of drug-likeness (QED) is 0.866. The predicted molar refractivity (Wildman–Crippen MR) is 76.4 cm³/mol. The van der Waals surface area contributed by atoms with Gasteiger partial charge in [0.2, 0.25) is 0 Å². The first kappa shape index (κ1) is 13.9. The molecule has 2 rings (SSSR count). The first-order chi connectivity index (χ1) is 8.59. The monoisotopic (exact) mass is 331 g/mol. The van der Waals surface area contributed by atoms with E-state index in [-0.39, 0.29) is 17.9 Å². The second-order valence-electron chi connectivity index (χ2n) is 5.02. The van der Waals surface area contributed by atoms with Gasteiger partial charge in [0.15, 0.2) is 0 Å². The van der Waals surface area contributed by atoms with Gasteiger partial charge < -0.3 is 5.32 Å². The summed E-state index contributed by atoms with van der Waals surface area (Å²) in [6.07, 6.45) is 4.60. The highest BCUT2D eigenvalue weighted by Crippen LogP contribution is 2.26. The summed E-state index contributed by atoms with van der Waals surface area (Å²) in [6.45, 7) is 4.06. The fourth-order valence-corrected chi connectivity index (χ4v) is 3.66. The average molecular weight is 332 g/mol. The molecule has 1 aliphatic rings. The van der Waals surface area contributed by atoms with E-state index in [4.69, 9.17) is 0 Å². The van der Waals surface area contributed by atoms with Crippen LogP contribution in [0, 0.1) is 0 Å². The standard InChI is InChI=1S/C12H18BrN3OS/c1-7(2)10-11(18-16-15-10)12(17)14-9-6-4-3-5-8(9)13/h7-9H,3-6H2,1-2H3,(H,14,17). The third kappa shape index (κ3) is 3.09. The number of aromatic nitrogens is 2. The minimum atomic E-state index is -0.0231. The second-order valence-corrected chi connectivity index (χ2v) is 6.95. The smallest absolute Gasteiger partial charge is 0.265 e. The molecule has 1 aromatic rings. The fourth-order valence-electron chi connectivity index (χ4n) is 2.21. The molecule has 1 aliphatic carbocycles. The van der Waals surface area contributed by atoms with Crippen LogP contribution in [0.25, 0.3) is 0 Å². The van der Waals surface area contributed by atoms with Crippen LogP contribution in [0.15, 0.2) is 0 Å². The van der Waals surface area contributed by atoms with Crippen LogP contribution in [0.5, 0.6) is 0 Å². The highest BCUT2D eigenvalue weighted by atomic mass is 79.9. The number of carbonyl (C=O) groups is 1. The molecule has 2 unspecified atom stereocenters. The summed E-state index contributed by atoms with van der Waals surface area (Å²) in [6, 6.07) is 0.230. The Labute approximate surface area is 120 Å². The van der Waals surface area contributed by atoms with Gasteiger partial charge in [0, 0.05) is 10.9 Å². The zero-order valence-corrected chi connectivity index (χ0v) is 13.1. The van der Waals surface area contributed by atoms with Crippen LogP contribution in [0.3, 0.4) is 0 Å². The van der Waals surface area contributed by atoms with Crippen molar-refractivity contribution in [2.75, 3.05) is 0 Å². The summed E-state index contributed by atoms with van der Waals surface area (Å²) >= 11 is 4.84. The maximum absolute atomic E-state index is 12.2. The van der Waals surface area contributed by atoms with Crippen LogP contribution in [0.4, 0.5) is 0 Å². The summed E-state index contributed by atoms with van der Waals surface area (Å²) in [5.41, 5.74) is 0.805. The van der Waals surface area contributed by atoms with E-state index >= 15 is 0 Å². The highest BCUT2D eigenvalue weighted by molar-refractivity contribution is 9.09. The predicted octanol–water partition coefficient (Wildman–Crippen LogP) is 3.10. The van der Waals surface area contributed by atoms with Crippen molar-refractivity contribution in [3.8, 4) is 0 Å². The molecule has 0 radical (unpaired) electrons. The number of nitrogens with one attached hydrogen (secondary N) is 1. The van der Waals surface area contributed by atoms with Crippen LogP contribution >= 0.6 is 27.5 Å². The minimum Gasteiger partial charge on any atom is -0.347 e. The Morgan fingerprint density at radius 3 is 2.83 bits per heavy atom. The van der Waals surface area contributed by atoms with Crippen molar-refractivity contribution in [3.63, 3.8) is 0 Å².